The zero-order chi connectivity index (χ0) is 13.8. The molecule has 0 fully saturated rings. The summed E-state index contributed by atoms with van der Waals surface area (Å²) in [6.07, 6.45) is 0. The minimum absolute atomic E-state index is 0.275. The van der Waals surface area contributed by atoms with E-state index in [4.69, 9.17) is 4.74 Å². The predicted octanol–water partition coefficient (Wildman–Crippen LogP) is 4.22. The molecular formula is C16H21NOS. The Balaban J connectivity index is 2.07. The van der Waals surface area contributed by atoms with Gasteiger partial charge in [-0.1, -0.05) is 12.1 Å². The highest BCUT2D eigenvalue weighted by Gasteiger charge is 2.11. The van der Waals surface area contributed by atoms with E-state index in [1.165, 1.54) is 21.6 Å². The van der Waals surface area contributed by atoms with Gasteiger partial charge in [0.15, 0.2) is 0 Å². The van der Waals surface area contributed by atoms with Crippen molar-refractivity contribution in [2.75, 3.05) is 7.11 Å². The molecule has 19 heavy (non-hydrogen) atoms. The molecule has 0 saturated heterocycles. The normalized spacial score (nSPS) is 12.4. The Morgan fingerprint density at radius 1 is 1.26 bits per heavy atom. The number of methoxy groups -OCH3 is 1. The summed E-state index contributed by atoms with van der Waals surface area (Å²) in [7, 11) is 1.73. The van der Waals surface area contributed by atoms with Gasteiger partial charge in [0.05, 0.1) is 7.11 Å². The van der Waals surface area contributed by atoms with Crippen molar-refractivity contribution in [2.45, 2.75) is 33.4 Å². The van der Waals surface area contributed by atoms with Crippen LogP contribution in [0.3, 0.4) is 0 Å². The number of nitrogens with one attached hydrogen (secondary N) is 1. The van der Waals surface area contributed by atoms with Crippen LogP contribution in [-0.4, -0.2) is 7.11 Å². The van der Waals surface area contributed by atoms with Gasteiger partial charge in [-0.3, -0.25) is 0 Å². The fourth-order valence-corrected chi connectivity index (χ4v) is 2.97. The van der Waals surface area contributed by atoms with Gasteiger partial charge in [0.2, 0.25) is 0 Å². The highest BCUT2D eigenvalue weighted by Crippen LogP contribution is 2.26. The third-order valence-corrected chi connectivity index (χ3v) is 4.42. The molecule has 1 N–H and O–H groups in total. The van der Waals surface area contributed by atoms with E-state index in [1.807, 2.05) is 0 Å². The molecule has 2 nitrogen and oxygen atoms in total. The SMILES string of the molecule is COc1cc(C)ccc1C(C)NCc1sccc1C. The number of ether oxygens (including phenoxy) is 1. The molecule has 1 heterocycles. The smallest absolute Gasteiger partial charge is 0.123 e. The Kier molecular flexibility index (Phi) is 4.61. The molecule has 1 aromatic carbocycles. The van der Waals surface area contributed by atoms with Crippen LogP contribution in [0.2, 0.25) is 0 Å². The van der Waals surface area contributed by atoms with Gasteiger partial charge in [-0.05, 0) is 49.4 Å². The summed E-state index contributed by atoms with van der Waals surface area (Å²) in [5.41, 5.74) is 3.80. The lowest BCUT2D eigenvalue weighted by atomic mass is 10.0. The average molecular weight is 275 g/mol. The van der Waals surface area contributed by atoms with Crippen LogP contribution < -0.4 is 10.1 Å². The molecule has 0 saturated carbocycles. The third kappa shape index (κ3) is 3.37. The number of aryl methyl sites for hydroxylation is 2. The van der Waals surface area contributed by atoms with Gasteiger partial charge in [0.25, 0.3) is 0 Å². The summed E-state index contributed by atoms with van der Waals surface area (Å²) in [6, 6.07) is 8.81. The molecule has 1 atom stereocenters. The molecule has 102 valence electrons. The van der Waals surface area contributed by atoms with Crippen LogP contribution in [0.5, 0.6) is 5.75 Å². The van der Waals surface area contributed by atoms with E-state index in [2.05, 4.69) is 55.7 Å². The topological polar surface area (TPSA) is 21.3 Å². The summed E-state index contributed by atoms with van der Waals surface area (Å²) in [4.78, 5) is 1.40. The summed E-state index contributed by atoms with van der Waals surface area (Å²) in [5.74, 6) is 0.961. The van der Waals surface area contributed by atoms with Crippen LogP contribution >= 0.6 is 11.3 Å². The number of rotatable bonds is 5. The average Bonchev–Trinajstić information content (AvgIpc) is 2.81. The first-order chi connectivity index (χ1) is 9.11. The maximum absolute atomic E-state index is 5.47. The lowest BCUT2D eigenvalue weighted by molar-refractivity contribution is 0.401. The second-order valence-corrected chi connectivity index (χ2v) is 5.88. The molecular weight excluding hydrogens is 254 g/mol. The lowest BCUT2D eigenvalue weighted by Gasteiger charge is -2.17. The molecule has 0 aliphatic rings. The standard InChI is InChI=1S/C16H21NOS/c1-11-5-6-14(15(9-11)18-4)13(3)17-10-16-12(2)7-8-19-16/h5-9,13,17H,10H2,1-4H3. The fraction of sp³-hybridized carbons (Fsp3) is 0.375. The van der Waals surface area contributed by atoms with Gasteiger partial charge in [0.1, 0.15) is 5.75 Å². The fourth-order valence-electron chi connectivity index (χ4n) is 2.12. The Labute approximate surface area is 119 Å². The number of benzene rings is 1. The highest BCUT2D eigenvalue weighted by molar-refractivity contribution is 7.10. The molecule has 1 aromatic heterocycles. The van der Waals surface area contributed by atoms with E-state index in [-0.39, 0.29) is 6.04 Å². The molecule has 0 aliphatic carbocycles. The Morgan fingerprint density at radius 2 is 2.05 bits per heavy atom. The van der Waals surface area contributed by atoms with Gasteiger partial charge >= 0.3 is 0 Å². The van der Waals surface area contributed by atoms with Crippen LogP contribution in [0.1, 0.15) is 34.5 Å². The first-order valence-corrected chi connectivity index (χ1v) is 7.40. The monoisotopic (exact) mass is 275 g/mol. The molecule has 0 aliphatic heterocycles. The Hall–Kier alpha value is -1.32. The van der Waals surface area contributed by atoms with Crippen LogP contribution in [0.4, 0.5) is 0 Å². The van der Waals surface area contributed by atoms with Crippen LogP contribution in [-0.2, 0) is 6.54 Å². The summed E-state index contributed by atoms with van der Waals surface area (Å²) in [6.45, 7) is 7.32. The van der Waals surface area contributed by atoms with Crippen LogP contribution in [0, 0.1) is 13.8 Å². The van der Waals surface area contributed by atoms with Crippen molar-refractivity contribution in [3.05, 3.63) is 51.2 Å². The van der Waals surface area contributed by atoms with Gasteiger partial charge in [-0.25, -0.2) is 0 Å². The molecule has 0 radical (unpaired) electrons. The van der Waals surface area contributed by atoms with Crippen LogP contribution in [0.15, 0.2) is 29.6 Å². The van der Waals surface area contributed by atoms with E-state index in [9.17, 15) is 0 Å². The zero-order valence-electron chi connectivity index (χ0n) is 12.0. The molecule has 1 unspecified atom stereocenters. The van der Waals surface area contributed by atoms with Crippen molar-refractivity contribution < 1.29 is 4.74 Å². The van der Waals surface area contributed by atoms with Crippen molar-refractivity contribution in [3.63, 3.8) is 0 Å². The van der Waals surface area contributed by atoms with Crippen LogP contribution in [0.25, 0.3) is 0 Å². The largest absolute Gasteiger partial charge is 0.496 e. The van der Waals surface area contributed by atoms with Gasteiger partial charge in [0, 0.05) is 23.0 Å². The van der Waals surface area contributed by atoms with Gasteiger partial charge < -0.3 is 10.1 Å². The maximum Gasteiger partial charge on any atom is 0.123 e. The Morgan fingerprint density at radius 3 is 2.68 bits per heavy atom. The van der Waals surface area contributed by atoms with E-state index < -0.39 is 0 Å². The minimum Gasteiger partial charge on any atom is -0.496 e. The zero-order valence-corrected chi connectivity index (χ0v) is 12.8. The third-order valence-electron chi connectivity index (χ3n) is 3.39. The predicted molar refractivity (Wildman–Crippen MR) is 82.0 cm³/mol. The maximum atomic E-state index is 5.47. The summed E-state index contributed by atoms with van der Waals surface area (Å²) < 4.78 is 5.47. The van der Waals surface area contributed by atoms with Crippen molar-refractivity contribution >= 4 is 11.3 Å². The molecule has 2 rings (SSSR count). The molecule has 2 aromatic rings. The van der Waals surface area contributed by atoms with E-state index in [0.29, 0.717) is 0 Å². The molecule has 0 spiro atoms. The van der Waals surface area contributed by atoms with Gasteiger partial charge in [-0.15, -0.1) is 11.3 Å². The van der Waals surface area contributed by atoms with Crippen molar-refractivity contribution in [1.82, 2.24) is 5.32 Å². The highest BCUT2D eigenvalue weighted by atomic mass is 32.1. The van der Waals surface area contributed by atoms with Crippen molar-refractivity contribution in [1.29, 1.82) is 0 Å². The van der Waals surface area contributed by atoms with E-state index in [0.717, 1.165) is 12.3 Å². The molecule has 0 bridgehead atoms. The number of thiophene rings is 1. The number of hydrogen-bond donors (Lipinski definition) is 1. The quantitative estimate of drug-likeness (QED) is 0.882. The Bertz CT molecular complexity index is 547. The van der Waals surface area contributed by atoms with E-state index in [1.54, 1.807) is 18.4 Å². The van der Waals surface area contributed by atoms with Crippen molar-refractivity contribution in [3.8, 4) is 5.75 Å². The molecule has 3 heteroatoms. The first-order valence-electron chi connectivity index (χ1n) is 6.52. The van der Waals surface area contributed by atoms with Gasteiger partial charge in [-0.2, -0.15) is 0 Å². The number of hydrogen-bond acceptors (Lipinski definition) is 3. The lowest BCUT2D eigenvalue weighted by Crippen LogP contribution is -2.18. The van der Waals surface area contributed by atoms with E-state index >= 15 is 0 Å². The first kappa shape index (κ1) is 14.1. The second kappa shape index (κ2) is 6.22. The molecule has 0 amide bonds. The van der Waals surface area contributed by atoms with Crippen molar-refractivity contribution in [2.24, 2.45) is 0 Å². The summed E-state index contributed by atoms with van der Waals surface area (Å²) in [5, 5.41) is 5.71. The summed E-state index contributed by atoms with van der Waals surface area (Å²) >= 11 is 1.81. The minimum atomic E-state index is 0.275. The second-order valence-electron chi connectivity index (χ2n) is 4.87.